The highest BCUT2D eigenvalue weighted by Gasteiger charge is 2.37. The maximum atomic E-state index is 12.1. The summed E-state index contributed by atoms with van der Waals surface area (Å²) in [6, 6.07) is 7.06. The Balaban J connectivity index is 2.18. The van der Waals surface area contributed by atoms with Crippen molar-refractivity contribution in [1.82, 2.24) is 9.62 Å². The summed E-state index contributed by atoms with van der Waals surface area (Å²) >= 11 is 5.87. The standard InChI is InChI=1S/C13H19ClN2O2S/c1-16(2)9-13(10-3-5-11(14)6-4-10)15-19(17,18)12-7-8-12/h3-6,12-13,15H,7-9H2,1-2H3/t13-/m0/s1. The van der Waals surface area contributed by atoms with Gasteiger partial charge in [-0.3, -0.25) is 0 Å². The van der Waals surface area contributed by atoms with Crippen LogP contribution in [0.5, 0.6) is 0 Å². The van der Waals surface area contributed by atoms with E-state index in [2.05, 4.69) is 4.72 Å². The van der Waals surface area contributed by atoms with Crippen molar-refractivity contribution >= 4 is 21.6 Å². The molecule has 0 spiro atoms. The zero-order valence-electron chi connectivity index (χ0n) is 11.1. The first-order valence-electron chi connectivity index (χ1n) is 6.30. The second-order valence-electron chi connectivity index (χ2n) is 5.23. The summed E-state index contributed by atoms with van der Waals surface area (Å²) < 4.78 is 26.9. The lowest BCUT2D eigenvalue weighted by Gasteiger charge is -2.22. The van der Waals surface area contributed by atoms with Crippen LogP contribution >= 0.6 is 11.6 Å². The number of benzene rings is 1. The van der Waals surface area contributed by atoms with Crippen molar-refractivity contribution in [2.45, 2.75) is 24.1 Å². The molecule has 1 N–H and O–H groups in total. The second-order valence-corrected chi connectivity index (χ2v) is 7.66. The number of sulfonamides is 1. The second kappa shape index (κ2) is 5.79. The third-order valence-electron chi connectivity index (χ3n) is 3.09. The van der Waals surface area contributed by atoms with Crippen molar-refractivity contribution in [3.63, 3.8) is 0 Å². The molecule has 0 unspecified atom stereocenters. The number of halogens is 1. The van der Waals surface area contributed by atoms with Gasteiger partial charge in [0.15, 0.2) is 0 Å². The fourth-order valence-corrected chi connectivity index (χ4v) is 3.63. The zero-order chi connectivity index (χ0) is 14.0. The minimum atomic E-state index is -3.20. The highest BCUT2D eigenvalue weighted by molar-refractivity contribution is 7.90. The zero-order valence-corrected chi connectivity index (χ0v) is 12.7. The third kappa shape index (κ3) is 4.18. The molecule has 1 aromatic rings. The van der Waals surface area contributed by atoms with Gasteiger partial charge in [-0.2, -0.15) is 0 Å². The van der Waals surface area contributed by atoms with Crippen LogP contribution < -0.4 is 4.72 Å². The van der Waals surface area contributed by atoms with Gasteiger partial charge in [0.1, 0.15) is 0 Å². The Morgan fingerprint density at radius 2 is 1.89 bits per heavy atom. The molecule has 0 saturated heterocycles. The van der Waals surface area contributed by atoms with E-state index in [0.717, 1.165) is 18.4 Å². The van der Waals surface area contributed by atoms with Crippen molar-refractivity contribution < 1.29 is 8.42 Å². The molecular formula is C13H19ClN2O2S. The van der Waals surface area contributed by atoms with Crippen LogP contribution in [0, 0.1) is 0 Å². The largest absolute Gasteiger partial charge is 0.307 e. The summed E-state index contributed by atoms with van der Waals surface area (Å²) in [7, 11) is 0.650. The molecule has 1 saturated carbocycles. The van der Waals surface area contributed by atoms with E-state index in [1.807, 2.05) is 31.1 Å². The van der Waals surface area contributed by atoms with Gasteiger partial charge >= 0.3 is 0 Å². The van der Waals surface area contributed by atoms with Gasteiger partial charge in [0.05, 0.1) is 11.3 Å². The first-order valence-corrected chi connectivity index (χ1v) is 8.22. The van der Waals surface area contributed by atoms with Gasteiger partial charge in [-0.15, -0.1) is 0 Å². The highest BCUT2D eigenvalue weighted by atomic mass is 35.5. The van der Waals surface area contributed by atoms with Gasteiger partial charge in [0.2, 0.25) is 10.0 Å². The van der Waals surface area contributed by atoms with Crippen molar-refractivity contribution in [3.05, 3.63) is 34.9 Å². The molecule has 19 heavy (non-hydrogen) atoms. The van der Waals surface area contributed by atoms with Crippen LogP contribution in [0.15, 0.2) is 24.3 Å². The normalized spacial score (nSPS) is 17.7. The first kappa shape index (κ1) is 14.8. The van der Waals surface area contributed by atoms with Gasteiger partial charge in [-0.1, -0.05) is 23.7 Å². The fraction of sp³-hybridized carbons (Fsp3) is 0.538. The maximum Gasteiger partial charge on any atom is 0.215 e. The van der Waals surface area contributed by atoms with E-state index < -0.39 is 10.0 Å². The molecule has 0 radical (unpaired) electrons. The topological polar surface area (TPSA) is 49.4 Å². The van der Waals surface area contributed by atoms with Crippen LogP contribution in [0.2, 0.25) is 5.02 Å². The van der Waals surface area contributed by atoms with E-state index in [1.54, 1.807) is 12.1 Å². The molecule has 1 aromatic carbocycles. The lowest BCUT2D eigenvalue weighted by molar-refractivity contribution is 0.363. The number of hydrogen-bond donors (Lipinski definition) is 1. The van der Waals surface area contributed by atoms with Crippen LogP contribution in [0.4, 0.5) is 0 Å². The predicted octanol–water partition coefficient (Wildman–Crippen LogP) is 2.02. The Bertz CT molecular complexity index is 524. The Morgan fingerprint density at radius 3 is 2.37 bits per heavy atom. The molecule has 1 aliphatic carbocycles. The Hall–Kier alpha value is -0.620. The third-order valence-corrected chi connectivity index (χ3v) is 5.30. The summed E-state index contributed by atoms with van der Waals surface area (Å²) in [6.45, 7) is 0.619. The molecule has 0 heterocycles. The molecule has 106 valence electrons. The Kier molecular flexibility index (Phi) is 4.50. The molecule has 1 fully saturated rings. The molecule has 6 heteroatoms. The van der Waals surface area contributed by atoms with Crippen molar-refractivity contribution in [2.24, 2.45) is 0 Å². The van der Waals surface area contributed by atoms with Gasteiger partial charge in [-0.05, 0) is 44.6 Å². The summed E-state index contributed by atoms with van der Waals surface area (Å²) in [5.74, 6) is 0. The van der Waals surface area contributed by atoms with E-state index in [0.29, 0.717) is 11.6 Å². The maximum absolute atomic E-state index is 12.1. The average Bonchev–Trinajstić information content (AvgIpc) is 3.12. The molecule has 0 aliphatic heterocycles. The minimum absolute atomic E-state index is 0.204. The van der Waals surface area contributed by atoms with Gasteiger partial charge in [0.25, 0.3) is 0 Å². The van der Waals surface area contributed by atoms with Crippen LogP contribution in [0.3, 0.4) is 0 Å². The van der Waals surface area contributed by atoms with E-state index in [4.69, 9.17) is 11.6 Å². The highest BCUT2D eigenvalue weighted by Crippen LogP contribution is 2.29. The van der Waals surface area contributed by atoms with E-state index in [1.165, 1.54) is 0 Å². The average molecular weight is 303 g/mol. The van der Waals surface area contributed by atoms with Crippen LogP contribution in [0.25, 0.3) is 0 Å². The summed E-state index contributed by atoms with van der Waals surface area (Å²) in [5, 5.41) is 0.446. The molecule has 2 rings (SSSR count). The molecule has 4 nitrogen and oxygen atoms in total. The molecule has 0 amide bonds. The number of rotatable bonds is 6. The smallest absolute Gasteiger partial charge is 0.215 e. The molecule has 1 aliphatic rings. The number of nitrogens with one attached hydrogen (secondary N) is 1. The quantitative estimate of drug-likeness (QED) is 0.875. The van der Waals surface area contributed by atoms with Gasteiger partial charge in [-0.25, -0.2) is 13.1 Å². The Labute approximate surface area is 119 Å². The van der Waals surface area contributed by atoms with Crippen molar-refractivity contribution in [1.29, 1.82) is 0 Å². The summed E-state index contributed by atoms with van der Waals surface area (Å²) in [6.07, 6.45) is 1.54. The van der Waals surface area contributed by atoms with Gasteiger partial charge in [0, 0.05) is 11.6 Å². The number of hydrogen-bond acceptors (Lipinski definition) is 3. The van der Waals surface area contributed by atoms with Crippen LogP contribution in [-0.2, 0) is 10.0 Å². The lowest BCUT2D eigenvalue weighted by Crippen LogP contribution is -2.37. The molecule has 0 bridgehead atoms. The van der Waals surface area contributed by atoms with E-state index >= 15 is 0 Å². The van der Waals surface area contributed by atoms with E-state index in [-0.39, 0.29) is 11.3 Å². The lowest BCUT2D eigenvalue weighted by atomic mass is 10.1. The van der Waals surface area contributed by atoms with Crippen molar-refractivity contribution in [2.75, 3.05) is 20.6 Å². The monoisotopic (exact) mass is 302 g/mol. The fourth-order valence-electron chi connectivity index (χ4n) is 1.94. The first-order chi connectivity index (χ1) is 8.88. The van der Waals surface area contributed by atoms with E-state index in [9.17, 15) is 8.42 Å². The number of nitrogens with zero attached hydrogens (tertiary/aromatic N) is 1. The summed E-state index contributed by atoms with van der Waals surface area (Å²) in [5.41, 5.74) is 0.933. The predicted molar refractivity (Wildman–Crippen MR) is 77.8 cm³/mol. The molecule has 0 aromatic heterocycles. The Morgan fingerprint density at radius 1 is 1.32 bits per heavy atom. The summed E-state index contributed by atoms with van der Waals surface area (Å²) in [4.78, 5) is 1.97. The van der Waals surface area contributed by atoms with Crippen LogP contribution in [-0.4, -0.2) is 39.2 Å². The van der Waals surface area contributed by atoms with Crippen molar-refractivity contribution in [3.8, 4) is 0 Å². The molecular weight excluding hydrogens is 284 g/mol. The molecule has 1 atom stereocenters. The van der Waals surface area contributed by atoms with Crippen LogP contribution in [0.1, 0.15) is 24.4 Å². The minimum Gasteiger partial charge on any atom is -0.307 e. The van der Waals surface area contributed by atoms with Gasteiger partial charge < -0.3 is 4.90 Å². The number of likely N-dealkylation sites (N-methyl/N-ethyl adjacent to an activating group) is 1. The SMILES string of the molecule is CN(C)C[C@H](NS(=O)(=O)C1CC1)c1ccc(Cl)cc1.